The van der Waals surface area contributed by atoms with Crippen LogP contribution in [-0.4, -0.2) is 32.0 Å². The van der Waals surface area contributed by atoms with E-state index in [-0.39, 0.29) is 18.6 Å². The van der Waals surface area contributed by atoms with Gasteiger partial charge >= 0.3 is 0 Å². The zero-order valence-electron chi connectivity index (χ0n) is 10.3. The lowest BCUT2D eigenvalue weighted by molar-refractivity contribution is 0.174. The number of hydrogen-bond donors (Lipinski definition) is 2. The average Bonchev–Trinajstić information content (AvgIpc) is 2.78. The van der Waals surface area contributed by atoms with E-state index in [9.17, 15) is 0 Å². The molecule has 0 bridgehead atoms. The number of aliphatic hydroxyl groups is 1. The topological polar surface area (TPSA) is 50.7 Å². The largest absolute Gasteiger partial charge is 0.493 e. The van der Waals surface area contributed by atoms with Crippen molar-refractivity contribution in [3.63, 3.8) is 0 Å². The Kier molecular flexibility index (Phi) is 3.86. The van der Waals surface area contributed by atoms with E-state index >= 15 is 0 Å². The Morgan fingerprint density at radius 2 is 2.41 bits per heavy atom. The smallest absolute Gasteiger partial charge is 0.127 e. The molecule has 0 radical (unpaired) electrons. The molecule has 4 heteroatoms. The average molecular weight is 237 g/mol. The van der Waals surface area contributed by atoms with Gasteiger partial charge in [0.05, 0.1) is 12.6 Å². The Morgan fingerprint density at radius 3 is 3.12 bits per heavy atom. The first kappa shape index (κ1) is 12.2. The van der Waals surface area contributed by atoms with Crippen LogP contribution in [0.15, 0.2) is 18.2 Å². The molecule has 1 aliphatic rings. The molecule has 2 rings (SSSR count). The van der Waals surface area contributed by atoms with Gasteiger partial charge in [0.2, 0.25) is 0 Å². The molecule has 0 fully saturated rings. The minimum Gasteiger partial charge on any atom is -0.493 e. The number of ether oxygens (including phenoxy) is 2. The summed E-state index contributed by atoms with van der Waals surface area (Å²) in [5.74, 6) is 1.83. The van der Waals surface area contributed by atoms with E-state index in [0.717, 1.165) is 11.5 Å². The van der Waals surface area contributed by atoms with Gasteiger partial charge in [-0.05, 0) is 19.2 Å². The molecular weight excluding hydrogens is 218 g/mol. The van der Waals surface area contributed by atoms with Crippen LogP contribution in [0.5, 0.6) is 11.5 Å². The lowest BCUT2D eigenvalue weighted by Gasteiger charge is -2.11. The normalized spacial score (nSPS) is 19.6. The first-order valence-electron chi connectivity index (χ1n) is 5.92. The SMILES string of the molecule is CNC1COc2cc(OCC(C)CO)ccc21. The van der Waals surface area contributed by atoms with Crippen LogP contribution in [-0.2, 0) is 0 Å². The molecule has 1 aliphatic heterocycles. The number of rotatable bonds is 5. The van der Waals surface area contributed by atoms with Gasteiger partial charge in [-0.1, -0.05) is 6.92 Å². The highest BCUT2D eigenvalue weighted by molar-refractivity contribution is 5.44. The fourth-order valence-electron chi connectivity index (χ4n) is 1.81. The fraction of sp³-hybridized carbons (Fsp3) is 0.538. The lowest BCUT2D eigenvalue weighted by atomic mass is 10.1. The Morgan fingerprint density at radius 1 is 1.59 bits per heavy atom. The second-order valence-corrected chi connectivity index (χ2v) is 4.45. The molecule has 4 nitrogen and oxygen atoms in total. The molecule has 0 saturated carbocycles. The summed E-state index contributed by atoms with van der Waals surface area (Å²) in [6, 6.07) is 6.16. The van der Waals surface area contributed by atoms with Gasteiger partial charge < -0.3 is 19.9 Å². The van der Waals surface area contributed by atoms with Gasteiger partial charge in [0.1, 0.15) is 18.1 Å². The highest BCUT2D eigenvalue weighted by Crippen LogP contribution is 2.35. The fourth-order valence-corrected chi connectivity index (χ4v) is 1.81. The Labute approximate surface area is 102 Å². The summed E-state index contributed by atoms with van der Waals surface area (Å²) in [6.45, 7) is 3.28. The highest BCUT2D eigenvalue weighted by Gasteiger charge is 2.22. The van der Waals surface area contributed by atoms with Crippen molar-refractivity contribution >= 4 is 0 Å². The van der Waals surface area contributed by atoms with E-state index in [4.69, 9.17) is 14.6 Å². The van der Waals surface area contributed by atoms with Crippen molar-refractivity contribution in [3.8, 4) is 11.5 Å². The van der Waals surface area contributed by atoms with Gasteiger partial charge in [0.15, 0.2) is 0 Å². The molecule has 0 amide bonds. The summed E-state index contributed by atoms with van der Waals surface area (Å²) in [4.78, 5) is 0. The van der Waals surface area contributed by atoms with Crippen molar-refractivity contribution in [2.45, 2.75) is 13.0 Å². The van der Waals surface area contributed by atoms with Crippen molar-refractivity contribution in [1.82, 2.24) is 5.32 Å². The minimum absolute atomic E-state index is 0.142. The maximum absolute atomic E-state index is 8.92. The molecular formula is C13H19NO3. The van der Waals surface area contributed by atoms with Gasteiger partial charge in [-0.3, -0.25) is 0 Å². The summed E-state index contributed by atoms with van der Waals surface area (Å²) in [7, 11) is 1.93. The van der Waals surface area contributed by atoms with Gasteiger partial charge in [-0.15, -0.1) is 0 Å². The molecule has 0 aromatic heterocycles. The molecule has 17 heavy (non-hydrogen) atoms. The number of aliphatic hydroxyl groups excluding tert-OH is 1. The van der Waals surface area contributed by atoms with Gasteiger partial charge in [-0.25, -0.2) is 0 Å². The summed E-state index contributed by atoms with van der Waals surface area (Å²) < 4.78 is 11.2. The highest BCUT2D eigenvalue weighted by atomic mass is 16.5. The Balaban J connectivity index is 2.03. The van der Waals surface area contributed by atoms with E-state index in [1.807, 2.05) is 32.2 Å². The van der Waals surface area contributed by atoms with Crippen molar-refractivity contribution in [2.75, 3.05) is 26.9 Å². The van der Waals surface area contributed by atoms with E-state index in [0.29, 0.717) is 13.2 Å². The molecule has 1 aromatic rings. The Hall–Kier alpha value is -1.26. The van der Waals surface area contributed by atoms with E-state index in [1.165, 1.54) is 5.56 Å². The summed E-state index contributed by atoms with van der Waals surface area (Å²) >= 11 is 0. The maximum atomic E-state index is 8.92. The number of hydrogen-bond acceptors (Lipinski definition) is 4. The number of benzene rings is 1. The van der Waals surface area contributed by atoms with Crippen molar-refractivity contribution in [1.29, 1.82) is 0 Å². The van der Waals surface area contributed by atoms with Crippen LogP contribution in [0.25, 0.3) is 0 Å². The van der Waals surface area contributed by atoms with Gasteiger partial charge in [-0.2, -0.15) is 0 Å². The molecule has 0 aliphatic carbocycles. The molecule has 0 spiro atoms. The van der Waals surface area contributed by atoms with E-state index < -0.39 is 0 Å². The van der Waals surface area contributed by atoms with Crippen molar-refractivity contribution in [2.24, 2.45) is 5.92 Å². The summed E-state index contributed by atoms with van der Waals surface area (Å²) in [6.07, 6.45) is 0. The molecule has 94 valence electrons. The van der Waals surface area contributed by atoms with E-state index in [1.54, 1.807) is 0 Å². The van der Waals surface area contributed by atoms with Crippen LogP contribution in [0.4, 0.5) is 0 Å². The summed E-state index contributed by atoms with van der Waals surface area (Å²) in [5, 5.41) is 12.1. The number of nitrogens with one attached hydrogen (secondary N) is 1. The molecule has 0 saturated heterocycles. The first-order valence-corrected chi connectivity index (χ1v) is 5.92. The van der Waals surface area contributed by atoms with Crippen LogP contribution in [0.2, 0.25) is 0 Å². The second-order valence-electron chi connectivity index (χ2n) is 4.45. The zero-order chi connectivity index (χ0) is 12.3. The quantitative estimate of drug-likeness (QED) is 0.811. The predicted octanol–water partition coefficient (Wildman–Crippen LogP) is 1.35. The standard InChI is InChI=1S/C13H19NO3/c1-9(6-15)7-16-10-3-4-11-12(14-2)8-17-13(11)5-10/h3-5,9,12,14-15H,6-8H2,1-2H3. The summed E-state index contributed by atoms with van der Waals surface area (Å²) in [5.41, 5.74) is 1.18. The minimum atomic E-state index is 0.142. The van der Waals surface area contributed by atoms with Crippen LogP contribution in [0, 0.1) is 5.92 Å². The molecule has 1 heterocycles. The Bertz CT molecular complexity index is 381. The zero-order valence-corrected chi connectivity index (χ0v) is 10.3. The van der Waals surface area contributed by atoms with E-state index in [2.05, 4.69) is 5.32 Å². The molecule has 2 atom stereocenters. The van der Waals surface area contributed by atoms with Gasteiger partial charge in [0, 0.05) is 24.2 Å². The molecule has 1 aromatic carbocycles. The third kappa shape index (κ3) is 2.70. The maximum Gasteiger partial charge on any atom is 0.127 e. The van der Waals surface area contributed by atoms with Crippen LogP contribution < -0.4 is 14.8 Å². The number of fused-ring (bicyclic) bond motifs is 1. The monoisotopic (exact) mass is 237 g/mol. The van der Waals surface area contributed by atoms with Crippen LogP contribution in [0.3, 0.4) is 0 Å². The van der Waals surface area contributed by atoms with Crippen molar-refractivity contribution < 1.29 is 14.6 Å². The predicted molar refractivity (Wildman–Crippen MR) is 65.5 cm³/mol. The third-order valence-corrected chi connectivity index (χ3v) is 2.96. The number of likely N-dealkylation sites (N-methyl/N-ethyl adjacent to an activating group) is 1. The molecule has 2 N–H and O–H groups in total. The van der Waals surface area contributed by atoms with Crippen LogP contribution >= 0.6 is 0 Å². The second kappa shape index (κ2) is 5.38. The lowest BCUT2D eigenvalue weighted by Crippen LogP contribution is -2.17. The third-order valence-electron chi connectivity index (χ3n) is 2.96. The van der Waals surface area contributed by atoms with Crippen molar-refractivity contribution in [3.05, 3.63) is 23.8 Å². The van der Waals surface area contributed by atoms with Crippen LogP contribution in [0.1, 0.15) is 18.5 Å². The first-order chi connectivity index (χ1) is 8.24. The molecule has 2 unspecified atom stereocenters. The van der Waals surface area contributed by atoms with Gasteiger partial charge in [0.25, 0.3) is 0 Å².